The number of ether oxygens (including phenoxy) is 3. The third kappa shape index (κ3) is 11.4. The van der Waals surface area contributed by atoms with E-state index in [-0.39, 0.29) is 68.6 Å². The third-order valence-corrected chi connectivity index (χ3v) is 2.51. The molecule has 0 rings (SSSR count). The minimum atomic E-state index is -1.16. The van der Waals surface area contributed by atoms with Crippen molar-refractivity contribution in [3.63, 3.8) is 0 Å². The molecule has 0 aromatic heterocycles. The van der Waals surface area contributed by atoms with Crippen LogP contribution in [0.5, 0.6) is 0 Å². The van der Waals surface area contributed by atoms with E-state index in [1.165, 1.54) is 0 Å². The molecule has 0 aromatic rings. The number of rotatable bonds is 10. The van der Waals surface area contributed by atoms with Gasteiger partial charge in [0, 0.05) is 12.4 Å². The summed E-state index contributed by atoms with van der Waals surface area (Å²) in [6.07, 6.45) is 0.544. The molecule has 19 heavy (non-hydrogen) atoms. The Bertz CT molecular complexity index is 267. The van der Waals surface area contributed by atoms with Crippen LogP contribution in [0.4, 0.5) is 0 Å². The average Bonchev–Trinajstić information content (AvgIpc) is 2.31. The minimum absolute atomic E-state index is 0. The van der Waals surface area contributed by atoms with Crippen LogP contribution in [0.2, 0.25) is 0 Å². The Balaban J connectivity index is 0. The fourth-order valence-corrected chi connectivity index (χ4v) is 0.865. The van der Waals surface area contributed by atoms with Gasteiger partial charge in [-0.05, 0) is 20.3 Å². The second-order valence-electron chi connectivity index (χ2n) is 4.43. The topological polar surface area (TPSA) is 84.9 Å². The number of carboxylic acids is 1. The molecule has 6 nitrogen and oxygen atoms in total. The molecule has 0 aliphatic rings. The van der Waals surface area contributed by atoms with Crippen molar-refractivity contribution in [2.24, 2.45) is 5.41 Å². The van der Waals surface area contributed by atoms with Crippen molar-refractivity contribution >= 4 is 11.9 Å². The van der Waals surface area contributed by atoms with Crippen LogP contribution in [-0.2, 0) is 23.8 Å². The average molecular weight is 284 g/mol. The van der Waals surface area contributed by atoms with Gasteiger partial charge in [0.1, 0.15) is 13.4 Å². The predicted octanol–water partition coefficient (Wildman–Crippen LogP) is -2.90. The molecular formula is C12H21NaO6. The first-order valence-corrected chi connectivity index (χ1v) is 5.92. The second-order valence-corrected chi connectivity index (χ2v) is 4.43. The summed E-state index contributed by atoms with van der Waals surface area (Å²) in [4.78, 5) is 21.6. The number of hydrogen-bond acceptors (Lipinski definition) is 6. The van der Waals surface area contributed by atoms with Crippen molar-refractivity contribution in [3.05, 3.63) is 0 Å². The fourth-order valence-electron chi connectivity index (χ4n) is 0.865. The summed E-state index contributed by atoms with van der Waals surface area (Å²) >= 11 is 0. The number of aliphatic carboxylic acids is 1. The normalized spacial score (nSPS) is 10.7. The van der Waals surface area contributed by atoms with E-state index >= 15 is 0 Å². The first-order valence-electron chi connectivity index (χ1n) is 5.92. The van der Waals surface area contributed by atoms with Crippen LogP contribution in [0.25, 0.3) is 0 Å². The Morgan fingerprint density at radius 1 is 1.11 bits per heavy atom. The molecule has 0 heterocycles. The molecule has 0 aromatic carbocycles. The van der Waals surface area contributed by atoms with Crippen molar-refractivity contribution in [2.45, 2.75) is 33.6 Å². The van der Waals surface area contributed by atoms with Crippen LogP contribution in [-0.4, -0.2) is 38.6 Å². The van der Waals surface area contributed by atoms with E-state index in [0.29, 0.717) is 6.42 Å². The van der Waals surface area contributed by atoms with E-state index in [2.05, 4.69) is 0 Å². The molecule has 0 unspecified atom stereocenters. The van der Waals surface area contributed by atoms with Gasteiger partial charge in [0.2, 0.25) is 0 Å². The van der Waals surface area contributed by atoms with Crippen molar-refractivity contribution in [1.82, 2.24) is 0 Å². The van der Waals surface area contributed by atoms with Crippen molar-refractivity contribution in [1.29, 1.82) is 0 Å². The molecule has 0 saturated carbocycles. The smallest absolute Gasteiger partial charge is 0.550 e. The van der Waals surface area contributed by atoms with E-state index in [4.69, 9.17) is 14.2 Å². The summed E-state index contributed by atoms with van der Waals surface area (Å²) in [5, 5.41) is 10.0. The fraction of sp³-hybridized carbons (Fsp3) is 0.833. The number of hydrogen-bond donors (Lipinski definition) is 0. The van der Waals surface area contributed by atoms with Crippen LogP contribution in [0.1, 0.15) is 33.6 Å². The van der Waals surface area contributed by atoms with Crippen molar-refractivity contribution in [3.8, 4) is 0 Å². The monoisotopic (exact) mass is 284 g/mol. The van der Waals surface area contributed by atoms with E-state index in [1.807, 2.05) is 20.8 Å². The number of carbonyl (C=O) groups is 2. The maximum atomic E-state index is 11.5. The Kier molecular flexibility index (Phi) is 13.0. The summed E-state index contributed by atoms with van der Waals surface area (Å²) < 4.78 is 14.9. The molecule has 0 radical (unpaired) electrons. The van der Waals surface area contributed by atoms with E-state index in [1.54, 1.807) is 0 Å². The van der Waals surface area contributed by atoms with Crippen LogP contribution in [0.3, 0.4) is 0 Å². The SMILES string of the molecule is CCC(C)(C)C(=O)OCCOCOCCC(=O)[O-].[Na+]. The zero-order valence-corrected chi connectivity index (χ0v) is 14.2. The first-order chi connectivity index (χ1) is 8.40. The minimum Gasteiger partial charge on any atom is -0.550 e. The molecule has 0 amide bonds. The second kappa shape index (κ2) is 11.7. The summed E-state index contributed by atoms with van der Waals surface area (Å²) in [7, 11) is 0. The van der Waals surface area contributed by atoms with Gasteiger partial charge in [0.25, 0.3) is 0 Å². The van der Waals surface area contributed by atoms with E-state index < -0.39 is 11.4 Å². The molecular weight excluding hydrogens is 263 g/mol. The summed E-state index contributed by atoms with van der Waals surface area (Å²) in [6, 6.07) is 0. The van der Waals surface area contributed by atoms with Crippen LogP contribution in [0, 0.1) is 5.41 Å². The Hall–Kier alpha value is -0.140. The zero-order chi connectivity index (χ0) is 14.0. The van der Waals surface area contributed by atoms with Gasteiger partial charge in [0.15, 0.2) is 0 Å². The van der Waals surface area contributed by atoms with Gasteiger partial charge in [0.05, 0.1) is 18.6 Å². The van der Waals surface area contributed by atoms with Gasteiger partial charge < -0.3 is 24.1 Å². The van der Waals surface area contributed by atoms with Crippen LogP contribution < -0.4 is 34.7 Å². The van der Waals surface area contributed by atoms with Gasteiger partial charge in [-0.2, -0.15) is 0 Å². The van der Waals surface area contributed by atoms with Crippen molar-refractivity contribution < 1.29 is 58.5 Å². The summed E-state index contributed by atoms with van der Waals surface area (Å²) in [5.41, 5.74) is -0.481. The van der Waals surface area contributed by atoms with E-state index in [0.717, 1.165) is 0 Å². The molecule has 0 bridgehead atoms. The van der Waals surface area contributed by atoms with Gasteiger partial charge in [-0.1, -0.05) is 6.92 Å². The Labute approximate surface area is 136 Å². The molecule has 0 saturated heterocycles. The molecule has 0 aliphatic heterocycles. The molecule has 0 N–H and O–H groups in total. The number of esters is 1. The largest absolute Gasteiger partial charge is 1.00 e. The van der Waals surface area contributed by atoms with Crippen LogP contribution >= 0.6 is 0 Å². The van der Waals surface area contributed by atoms with Crippen molar-refractivity contribution in [2.75, 3.05) is 26.6 Å². The standard InChI is InChI=1S/C12H22O6.Na/c1-4-12(2,3)11(15)18-8-7-17-9-16-6-5-10(13)14;/h4-9H2,1-3H3,(H,13,14);/q;+1/p-1. The van der Waals surface area contributed by atoms with Gasteiger partial charge in [-0.25, -0.2) is 0 Å². The first kappa shape index (κ1) is 21.2. The molecule has 0 spiro atoms. The van der Waals surface area contributed by atoms with Gasteiger partial charge in [-0.15, -0.1) is 0 Å². The molecule has 106 valence electrons. The van der Waals surface area contributed by atoms with Gasteiger partial charge >= 0.3 is 35.5 Å². The third-order valence-electron chi connectivity index (χ3n) is 2.51. The zero-order valence-electron chi connectivity index (χ0n) is 12.2. The quantitative estimate of drug-likeness (QED) is 0.185. The molecule has 0 aliphatic carbocycles. The maximum Gasteiger partial charge on any atom is 1.00 e. The van der Waals surface area contributed by atoms with Crippen LogP contribution in [0.15, 0.2) is 0 Å². The summed E-state index contributed by atoms with van der Waals surface area (Å²) in [6.45, 7) is 5.96. The van der Waals surface area contributed by atoms with Gasteiger partial charge in [-0.3, -0.25) is 4.79 Å². The predicted molar refractivity (Wildman–Crippen MR) is 61.4 cm³/mol. The number of carbonyl (C=O) groups excluding carboxylic acids is 2. The number of carboxylic acid groups (broad SMARTS) is 1. The summed E-state index contributed by atoms with van der Waals surface area (Å²) in [5.74, 6) is -1.42. The Morgan fingerprint density at radius 2 is 1.68 bits per heavy atom. The Morgan fingerprint density at radius 3 is 2.21 bits per heavy atom. The maximum absolute atomic E-state index is 11.5. The molecule has 7 heteroatoms. The molecule has 0 fully saturated rings. The molecule has 0 atom stereocenters. The van der Waals surface area contributed by atoms with E-state index in [9.17, 15) is 14.7 Å².